The van der Waals surface area contributed by atoms with Gasteiger partial charge in [0.2, 0.25) is 5.91 Å². The number of carbonyl (C=O) groups is 2. The molecule has 6 nitrogen and oxygen atoms in total. The van der Waals surface area contributed by atoms with Crippen LogP contribution in [0, 0.1) is 0 Å². The normalized spacial score (nSPS) is 22.0. The fraction of sp³-hybridized carbons (Fsp3) is 0.600. The van der Waals surface area contributed by atoms with Crippen LogP contribution in [0.5, 0.6) is 0 Å². The minimum absolute atomic E-state index is 0.0276. The molecule has 1 aromatic rings. The van der Waals surface area contributed by atoms with Crippen molar-refractivity contribution in [2.75, 3.05) is 32.7 Å². The number of benzene rings is 1. The fourth-order valence-corrected chi connectivity index (χ4v) is 4.05. The van der Waals surface area contributed by atoms with Crippen molar-refractivity contribution in [3.05, 3.63) is 35.9 Å². The maximum atomic E-state index is 12.7. The molecule has 26 heavy (non-hydrogen) atoms. The summed E-state index contributed by atoms with van der Waals surface area (Å²) in [6.07, 6.45) is 4.31. The summed E-state index contributed by atoms with van der Waals surface area (Å²) in [6.45, 7) is 5.66. The van der Waals surface area contributed by atoms with Crippen LogP contribution in [0.1, 0.15) is 44.2 Å². The standard InChI is InChI=1S/C20H30N4O2/c1-16(25)22-18-10-7-13-24(15-18)20(26)21-14-19(23-11-5-6-12-23)17-8-3-2-4-9-17/h2-4,8-9,18-19H,5-7,10-15H2,1H3,(H,21,26)(H,22,25). The van der Waals surface area contributed by atoms with Crippen LogP contribution in [0.15, 0.2) is 30.3 Å². The van der Waals surface area contributed by atoms with E-state index in [1.165, 1.54) is 25.3 Å². The van der Waals surface area contributed by atoms with Crippen molar-refractivity contribution in [2.45, 2.75) is 44.7 Å². The van der Waals surface area contributed by atoms with Crippen molar-refractivity contribution < 1.29 is 9.59 Å². The van der Waals surface area contributed by atoms with Crippen LogP contribution in [-0.2, 0) is 4.79 Å². The Morgan fingerprint density at radius 2 is 1.85 bits per heavy atom. The largest absolute Gasteiger partial charge is 0.352 e. The fourth-order valence-electron chi connectivity index (χ4n) is 4.05. The van der Waals surface area contributed by atoms with Crippen LogP contribution >= 0.6 is 0 Å². The van der Waals surface area contributed by atoms with E-state index in [1.807, 2.05) is 11.0 Å². The summed E-state index contributed by atoms with van der Waals surface area (Å²) < 4.78 is 0. The van der Waals surface area contributed by atoms with Crippen LogP contribution in [-0.4, -0.2) is 60.5 Å². The minimum atomic E-state index is -0.0320. The number of likely N-dealkylation sites (tertiary alicyclic amines) is 2. The lowest BCUT2D eigenvalue weighted by atomic mass is 10.1. The highest BCUT2D eigenvalue weighted by Gasteiger charge is 2.27. The van der Waals surface area contributed by atoms with Crippen LogP contribution in [0.2, 0.25) is 0 Å². The smallest absolute Gasteiger partial charge is 0.317 e. The van der Waals surface area contributed by atoms with Gasteiger partial charge in [0.25, 0.3) is 0 Å². The Morgan fingerprint density at radius 3 is 2.54 bits per heavy atom. The van der Waals surface area contributed by atoms with Crippen molar-refractivity contribution in [3.63, 3.8) is 0 Å². The van der Waals surface area contributed by atoms with Gasteiger partial charge in [-0.15, -0.1) is 0 Å². The molecule has 2 heterocycles. The summed E-state index contributed by atoms with van der Waals surface area (Å²) in [5.74, 6) is -0.0320. The van der Waals surface area contributed by atoms with E-state index in [0.717, 1.165) is 32.5 Å². The highest BCUT2D eigenvalue weighted by atomic mass is 16.2. The molecule has 0 radical (unpaired) electrons. The summed E-state index contributed by atoms with van der Waals surface area (Å²) >= 11 is 0. The Hall–Kier alpha value is -2.08. The number of rotatable bonds is 5. The third kappa shape index (κ3) is 4.97. The molecule has 3 rings (SSSR count). The molecule has 0 spiro atoms. The quantitative estimate of drug-likeness (QED) is 0.848. The first-order valence-electron chi connectivity index (χ1n) is 9.72. The number of urea groups is 1. The van der Waals surface area contributed by atoms with Gasteiger partial charge >= 0.3 is 6.03 Å². The van der Waals surface area contributed by atoms with Crippen LogP contribution in [0.3, 0.4) is 0 Å². The third-order valence-electron chi connectivity index (χ3n) is 5.33. The van der Waals surface area contributed by atoms with Crippen molar-refractivity contribution in [3.8, 4) is 0 Å². The number of piperidine rings is 1. The second kappa shape index (κ2) is 9.03. The second-order valence-electron chi connectivity index (χ2n) is 7.34. The first-order valence-corrected chi connectivity index (χ1v) is 9.72. The second-order valence-corrected chi connectivity index (χ2v) is 7.34. The van der Waals surface area contributed by atoms with E-state index in [9.17, 15) is 9.59 Å². The molecular weight excluding hydrogens is 328 g/mol. The van der Waals surface area contributed by atoms with Crippen LogP contribution in [0.4, 0.5) is 4.79 Å². The van der Waals surface area contributed by atoms with Gasteiger partial charge in [-0.2, -0.15) is 0 Å². The first kappa shape index (κ1) is 18.7. The lowest BCUT2D eigenvalue weighted by Gasteiger charge is -2.34. The highest BCUT2D eigenvalue weighted by Crippen LogP contribution is 2.24. The van der Waals surface area contributed by atoms with E-state index in [1.54, 1.807) is 0 Å². The Labute approximate surface area is 155 Å². The molecule has 2 unspecified atom stereocenters. The van der Waals surface area contributed by atoms with Gasteiger partial charge in [-0.3, -0.25) is 9.69 Å². The minimum Gasteiger partial charge on any atom is -0.352 e. The topological polar surface area (TPSA) is 64.7 Å². The van der Waals surface area contributed by atoms with Gasteiger partial charge < -0.3 is 15.5 Å². The summed E-state index contributed by atoms with van der Waals surface area (Å²) in [5, 5.41) is 6.07. The molecule has 142 valence electrons. The van der Waals surface area contributed by atoms with E-state index in [4.69, 9.17) is 0 Å². The van der Waals surface area contributed by atoms with Gasteiger partial charge in [-0.25, -0.2) is 4.79 Å². The Balaban J connectivity index is 1.58. The molecule has 1 aromatic carbocycles. The Morgan fingerprint density at radius 1 is 1.12 bits per heavy atom. The molecule has 2 N–H and O–H groups in total. The maximum Gasteiger partial charge on any atom is 0.317 e. The van der Waals surface area contributed by atoms with Gasteiger partial charge in [-0.05, 0) is 44.3 Å². The van der Waals surface area contributed by atoms with Crippen molar-refractivity contribution in [2.24, 2.45) is 0 Å². The van der Waals surface area contributed by atoms with Gasteiger partial charge in [0.05, 0.1) is 6.04 Å². The van der Waals surface area contributed by atoms with E-state index < -0.39 is 0 Å². The average molecular weight is 358 g/mol. The number of carbonyl (C=O) groups excluding carboxylic acids is 2. The molecule has 2 fully saturated rings. The van der Waals surface area contributed by atoms with Gasteiger partial charge in [0.1, 0.15) is 0 Å². The number of hydrogen-bond acceptors (Lipinski definition) is 3. The maximum absolute atomic E-state index is 12.7. The van der Waals surface area contributed by atoms with Crippen molar-refractivity contribution in [1.82, 2.24) is 20.4 Å². The van der Waals surface area contributed by atoms with Crippen LogP contribution < -0.4 is 10.6 Å². The lowest BCUT2D eigenvalue weighted by molar-refractivity contribution is -0.119. The average Bonchev–Trinajstić information content (AvgIpc) is 3.17. The zero-order valence-electron chi connectivity index (χ0n) is 15.6. The zero-order valence-corrected chi connectivity index (χ0v) is 15.6. The highest BCUT2D eigenvalue weighted by molar-refractivity contribution is 5.75. The van der Waals surface area contributed by atoms with Crippen LogP contribution in [0.25, 0.3) is 0 Å². The lowest BCUT2D eigenvalue weighted by Crippen LogP contribution is -2.52. The molecule has 0 saturated carbocycles. The molecule has 6 heteroatoms. The predicted molar refractivity (Wildman–Crippen MR) is 102 cm³/mol. The Bertz CT molecular complexity index is 601. The Kier molecular flexibility index (Phi) is 6.50. The van der Waals surface area contributed by atoms with E-state index in [2.05, 4.69) is 39.8 Å². The predicted octanol–water partition coefficient (Wildman–Crippen LogP) is 2.13. The SMILES string of the molecule is CC(=O)NC1CCCN(C(=O)NCC(c2ccccc2)N2CCCC2)C1. The number of nitrogens with zero attached hydrogens (tertiary/aromatic N) is 2. The summed E-state index contributed by atoms with van der Waals surface area (Å²) in [7, 11) is 0. The summed E-state index contributed by atoms with van der Waals surface area (Å²) in [6, 6.07) is 10.7. The van der Waals surface area contributed by atoms with E-state index in [-0.39, 0.29) is 24.0 Å². The molecule has 2 aliphatic rings. The van der Waals surface area contributed by atoms with E-state index >= 15 is 0 Å². The molecule has 2 atom stereocenters. The number of amides is 3. The molecule has 2 saturated heterocycles. The van der Waals surface area contributed by atoms with Gasteiger partial charge in [0, 0.05) is 32.6 Å². The third-order valence-corrected chi connectivity index (χ3v) is 5.33. The van der Waals surface area contributed by atoms with Crippen molar-refractivity contribution >= 4 is 11.9 Å². The summed E-state index contributed by atoms with van der Waals surface area (Å²) in [4.78, 5) is 28.2. The van der Waals surface area contributed by atoms with Gasteiger partial charge in [0.15, 0.2) is 0 Å². The van der Waals surface area contributed by atoms with Gasteiger partial charge in [-0.1, -0.05) is 30.3 Å². The molecule has 0 aromatic heterocycles. The molecule has 0 bridgehead atoms. The van der Waals surface area contributed by atoms with Crippen molar-refractivity contribution in [1.29, 1.82) is 0 Å². The number of hydrogen-bond donors (Lipinski definition) is 2. The zero-order chi connectivity index (χ0) is 18.4. The molecule has 3 amide bonds. The molecule has 0 aliphatic carbocycles. The first-order chi connectivity index (χ1) is 12.6. The number of nitrogens with one attached hydrogen (secondary N) is 2. The molecule has 2 aliphatic heterocycles. The monoisotopic (exact) mass is 358 g/mol. The summed E-state index contributed by atoms with van der Waals surface area (Å²) in [5.41, 5.74) is 1.25. The van der Waals surface area contributed by atoms with E-state index in [0.29, 0.717) is 13.1 Å². The molecular formula is C20H30N4O2.